The molecule has 0 fully saturated rings. The summed E-state index contributed by atoms with van der Waals surface area (Å²) in [5.41, 5.74) is 35.5. The van der Waals surface area contributed by atoms with E-state index in [0.29, 0.717) is 5.71 Å². The second kappa shape index (κ2) is 30.5. The van der Waals surface area contributed by atoms with Crippen LogP contribution in [0.25, 0.3) is 110 Å². The van der Waals surface area contributed by atoms with Crippen molar-refractivity contribution in [3.8, 4) is 0 Å². The number of pyridine rings is 4. The molecule has 24 rings (SSSR count). The molecule has 19 heteroatoms. The summed E-state index contributed by atoms with van der Waals surface area (Å²) in [6.45, 7) is 29.9. The molecule has 0 N–H and O–H groups in total. The fourth-order valence-electron chi connectivity index (χ4n) is 19.4. The Labute approximate surface area is 727 Å². The van der Waals surface area contributed by atoms with Crippen LogP contribution in [-0.2, 0) is 0 Å². The average molecular weight is 1650 g/mol. The van der Waals surface area contributed by atoms with Crippen molar-refractivity contribution in [2.24, 2.45) is 0 Å². The highest BCUT2D eigenvalue weighted by molar-refractivity contribution is 6.15. The second-order valence-electron chi connectivity index (χ2n) is 34.2. The SMILES string of the molecule is Cc1cc2oc3c(N4c5ccccc5N(C)[C@@H]4C)c(C)ccc3c2cn1.Cc1ccc2c(n1)oc1c(N3c4ccccc4N(C)[C@@H]3C)c(C)ccc12.Cc1ccc2c(oc3c(C)ccnc32)c1N1C=CN(C)[C@@H]1C.Cc1ccc2c(oc3c(C)nccc32)c1N1c2ccccc2N(C)[C@@H]1C.Cc1ccc2c(oc3ccccc32)c1N1c2ccccc2N(C)[C@@H]1C. The van der Waals surface area contributed by atoms with Gasteiger partial charge in [0.15, 0.2) is 39.1 Å². The van der Waals surface area contributed by atoms with Gasteiger partial charge >= 0.3 is 0 Å². The number of hydrogen-bond acceptors (Lipinski definition) is 19. The van der Waals surface area contributed by atoms with Crippen molar-refractivity contribution in [2.75, 3.05) is 79.3 Å². The zero-order valence-corrected chi connectivity index (χ0v) is 74.3. The molecule has 0 aliphatic carbocycles. The highest BCUT2D eigenvalue weighted by Gasteiger charge is 2.40. The van der Waals surface area contributed by atoms with E-state index in [1.165, 1.54) is 84.1 Å². The number of aryl methyl sites for hydroxylation is 9. The van der Waals surface area contributed by atoms with Crippen LogP contribution in [0.15, 0.2) is 265 Å². The third-order valence-electron chi connectivity index (χ3n) is 26.7. The Morgan fingerprint density at radius 1 is 0.272 bits per heavy atom. The lowest BCUT2D eigenvalue weighted by atomic mass is 10.1. The van der Waals surface area contributed by atoms with Gasteiger partial charge in [0.25, 0.3) is 0 Å². The van der Waals surface area contributed by atoms with Gasteiger partial charge in [-0.15, -0.1) is 0 Å². The second-order valence-corrected chi connectivity index (χ2v) is 34.2. The quantitative estimate of drug-likeness (QED) is 0.161. The van der Waals surface area contributed by atoms with E-state index in [2.05, 4.69) is 369 Å². The Morgan fingerprint density at radius 2 is 0.656 bits per heavy atom. The minimum absolute atomic E-state index is 0.208. The van der Waals surface area contributed by atoms with Crippen molar-refractivity contribution in [3.05, 3.63) is 294 Å². The third kappa shape index (κ3) is 12.6. The van der Waals surface area contributed by atoms with E-state index in [1.54, 1.807) is 0 Å². The van der Waals surface area contributed by atoms with E-state index in [0.717, 1.165) is 145 Å². The molecule has 0 saturated carbocycles. The molecule has 9 aromatic heterocycles. The van der Waals surface area contributed by atoms with E-state index in [9.17, 15) is 0 Å². The van der Waals surface area contributed by atoms with E-state index >= 15 is 0 Å². The molecule has 0 spiro atoms. The smallest absolute Gasteiger partial charge is 0.227 e. The van der Waals surface area contributed by atoms with Crippen molar-refractivity contribution < 1.29 is 22.1 Å². The van der Waals surface area contributed by atoms with Crippen LogP contribution >= 0.6 is 0 Å². The first-order valence-electron chi connectivity index (χ1n) is 43.1. The zero-order chi connectivity index (χ0) is 86.6. The topological polar surface area (TPSA) is 150 Å². The molecule has 19 nitrogen and oxygen atoms in total. The van der Waals surface area contributed by atoms with E-state index in [-0.39, 0.29) is 30.8 Å². The molecule has 19 aromatic rings. The molecular formula is C106H102N14O5. The molecule has 125 heavy (non-hydrogen) atoms. The predicted molar refractivity (Wildman–Crippen MR) is 517 cm³/mol. The summed E-state index contributed by atoms with van der Waals surface area (Å²) in [4.78, 5) is 41.2. The predicted octanol–water partition coefficient (Wildman–Crippen LogP) is 26.6. The first-order valence-corrected chi connectivity index (χ1v) is 43.1. The summed E-state index contributed by atoms with van der Waals surface area (Å²) in [5, 5.41) is 10.1. The molecule has 626 valence electrons. The summed E-state index contributed by atoms with van der Waals surface area (Å²) in [6, 6.07) is 74.3. The molecule has 0 unspecified atom stereocenters. The largest absolute Gasteiger partial charge is 0.454 e. The van der Waals surface area contributed by atoms with Gasteiger partial charge in [0.05, 0.1) is 79.6 Å². The van der Waals surface area contributed by atoms with Crippen LogP contribution in [0.2, 0.25) is 0 Å². The van der Waals surface area contributed by atoms with Gasteiger partial charge in [-0.25, -0.2) is 4.98 Å². The molecule has 5 aliphatic rings. The van der Waals surface area contributed by atoms with Crippen LogP contribution in [-0.4, -0.2) is 90.9 Å². The molecule has 0 radical (unpaired) electrons. The first-order chi connectivity index (χ1) is 60.4. The molecule has 0 saturated heterocycles. The number of rotatable bonds is 5. The number of nitrogens with zero attached hydrogens (tertiary/aromatic N) is 14. The van der Waals surface area contributed by atoms with Crippen molar-refractivity contribution >= 4 is 184 Å². The third-order valence-corrected chi connectivity index (χ3v) is 26.7. The lowest BCUT2D eigenvalue weighted by Crippen LogP contribution is -2.36. The number of hydrogen-bond donors (Lipinski definition) is 0. The molecule has 5 aliphatic heterocycles. The Kier molecular flexibility index (Phi) is 19.3. The summed E-state index contributed by atoms with van der Waals surface area (Å²) >= 11 is 0. The van der Waals surface area contributed by atoms with Gasteiger partial charge in [-0.3, -0.25) is 15.0 Å². The summed E-state index contributed by atoms with van der Waals surface area (Å²) in [5.74, 6) is 0. The molecule has 10 aromatic carbocycles. The number of aromatic nitrogens is 4. The van der Waals surface area contributed by atoms with Gasteiger partial charge in [-0.1, -0.05) is 121 Å². The lowest BCUT2D eigenvalue weighted by molar-refractivity contribution is 0.383. The maximum absolute atomic E-state index is 6.38. The monoisotopic (exact) mass is 1650 g/mol. The van der Waals surface area contributed by atoms with Crippen LogP contribution in [0.5, 0.6) is 0 Å². The molecule has 14 heterocycles. The maximum Gasteiger partial charge on any atom is 0.227 e. The van der Waals surface area contributed by atoms with Crippen LogP contribution < -0.4 is 44.1 Å². The standard InChI is InChI=1S/3C22H21N3O.C22H20N2O.C18H19N3O/c1-13-9-11-16-17-12-10-14(2)23-22(17)26-21(16)20(13)25-15(3)24(4)18-7-5-6-8-19(18)25;1-13-9-10-16-17-12-23-14(2)11-20(17)26-22(16)21(13)25-15(3)24(4)18-7-5-6-8-19(18)25;1-13-9-10-16-17-11-12-23-14(2)21(17)26-22(16)20(13)25-15(3)24(4)18-7-5-6-8-19(18)25;1-14-12-13-17-16-8-4-7-11-20(16)25-22(17)21(14)24-15(2)23(3)18-9-5-6-10-19(18)24;1-11-5-6-14-15-17(12(2)7-8-19-15)22-18(14)16(11)21-10-9-20(4)13(21)3/h3*5-12,15H,1-4H3;4-13,15H,1-3H3;5-10,13H,1-4H3/t4*15-;13-/m00000/s1. The van der Waals surface area contributed by atoms with Gasteiger partial charge in [0.1, 0.15) is 47.5 Å². The van der Waals surface area contributed by atoms with Gasteiger partial charge in [0.2, 0.25) is 5.71 Å². The van der Waals surface area contributed by atoms with E-state index < -0.39 is 0 Å². The van der Waals surface area contributed by atoms with E-state index in [4.69, 9.17) is 22.1 Å². The maximum atomic E-state index is 6.38. The van der Waals surface area contributed by atoms with Gasteiger partial charge in [0, 0.05) is 132 Å². The molecular weight excluding hydrogens is 1550 g/mol. The van der Waals surface area contributed by atoms with Crippen LogP contribution in [0, 0.1) is 62.3 Å². The first kappa shape index (κ1) is 79.0. The highest BCUT2D eigenvalue weighted by Crippen LogP contribution is 2.54. The summed E-state index contributed by atoms with van der Waals surface area (Å²) < 4.78 is 31.6. The Balaban J connectivity index is 0.0000000989. The number of para-hydroxylation sites is 9. The number of anilines is 13. The zero-order valence-electron chi connectivity index (χ0n) is 74.3. The Bertz CT molecular complexity index is 7370. The fraction of sp³-hybridized carbons (Fsp3) is 0.226. The van der Waals surface area contributed by atoms with Gasteiger partial charge in [-0.2, -0.15) is 0 Å². The fourth-order valence-corrected chi connectivity index (χ4v) is 19.4. The Morgan fingerprint density at radius 3 is 1.15 bits per heavy atom. The molecule has 0 amide bonds. The average Bonchev–Trinajstić information content (AvgIpc) is 1.59. The number of furan rings is 5. The number of benzene rings is 10. The van der Waals surface area contributed by atoms with Crippen molar-refractivity contribution in [1.29, 1.82) is 0 Å². The normalized spacial score (nSPS) is 17.0. The van der Waals surface area contributed by atoms with Crippen molar-refractivity contribution in [3.63, 3.8) is 0 Å². The minimum atomic E-state index is 0.208. The van der Waals surface area contributed by atoms with Crippen LogP contribution in [0.3, 0.4) is 0 Å². The van der Waals surface area contributed by atoms with E-state index in [1.807, 2.05) is 75.8 Å². The minimum Gasteiger partial charge on any atom is -0.454 e. The van der Waals surface area contributed by atoms with Gasteiger partial charge in [-0.05, 0) is 215 Å². The molecule has 5 atom stereocenters. The summed E-state index contributed by atoms with van der Waals surface area (Å²) in [7, 11) is 10.7. The van der Waals surface area contributed by atoms with Gasteiger partial charge < -0.3 is 71.1 Å². The van der Waals surface area contributed by atoms with Crippen molar-refractivity contribution in [2.45, 2.75) is 128 Å². The van der Waals surface area contributed by atoms with Crippen LogP contribution in [0.4, 0.5) is 73.9 Å². The van der Waals surface area contributed by atoms with Crippen molar-refractivity contribution in [1.82, 2.24) is 24.8 Å². The molecule has 0 bridgehead atoms. The van der Waals surface area contributed by atoms with Crippen LogP contribution in [0.1, 0.15) is 85.1 Å². The number of fused-ring (bicyclic) bond motifs is 19. The lowest BCUT2D eigenvalue weighted by Gasteiger charge is -2.29. The summed E-state index contributed by atoms with van der Waals surface area (Å²) in [6.07, 6.45) is 11.0. The highest BCUT2D eigenvalue weighted by atomic mass is 16.4. The Hall–Kier alpha value is -14.5.